The number of nitrogens with zero attached hydrogens (tertiary/aromatic N) is 3. The molecule has 2 heterocycles. The standard InChI is InChI=1S/C13H10N4O2S/c18-13(19)10(8-4-2-1-3-5-8)20-12-9-11(15-6-14-9)16-7-17-12/h1-7,10H,(H,18,19)(H,14,15,16,17). The van der Waals surface area contributed by atoms with Crippen LogP contribution < -0.4 is 0 Å². The summed E-state index contributed by atoms with van der Waals surface area (Å²) >= 11 is 1.16. The van der Waals surface area contributed by atoms with Gasteiger partial charge in [0.2, 0.25) is 0 Å². The van der Waals surface area contributed by atoms with E-state index in [9.17, 15) is 9.90 Å². The molecule has 2 aromatic heterocycles. The minimum absolute atomic E-state index is 0.528. The average molecular weight is 286 g/mol. The highest BCUT2D eigenvalue weighted by Gasteiger charge is 2.23. The lowest BCUT2D eigenvalue weighted by Crippen LogP contribution is -2.08. The first kappa shape index (κ1) is 12.6. The highest BCUT2D eigenvalue weighted by Crippen LogP contribution is 2.36. The minimum atomic E-state index is -0.910. The molecular formula is C13H10N4O2S. The van der Waals surface area contributed by atoms with Gasteiger partial charge in [-0.3, -0.25) is 4.79 Å². The number of thioether (sulfide) groups is 1. The van der Waals surface area contributed by atoms with Crippen LogP contribution in [0, 0.1) is 0 Å². The first-order chi connectivity index (χ1) is 9.75. The molecule has 3 aromatic rings. The van der Waals surface area contributed by atoms with Crippen molar-refractivity contribution in [3.8, 4) is 0 Å². The smallest absolute Gasteiger partial charge is 0.321 e. The Morgan fingerprint density at radius 3 is 2.75 bits per heavy atom. The molecular weight excluding hydrogens is 276 g/mol. The number of carboxylic acids is 1. The Kier molecular flexibility index (Phi) is 3.34. The van der Waals surface area contributed by atoms with Crippen LogP contribution in [-0.4, -0.2) is 31.0 Å². The highest BCUT2D eigenvalue weighted by atomic mass is 32.2. The molecule has 0 aliphatic rings. The molecule has 0 amide bonds. The number of rotatable bonds is 4. The number of nitrogens with one attached hydrogen (secondary N) is 1. The third-order valence-electron chi connectivity index (χ3n) is 2.74. The van der Waals surface area contributed by atoms with Crippen molar-refractivity contribution in [3.63, 3.8) is 0 Å². The molecule has 0 fully saturated rings. The van der Waals surface area contributed by atoms with Crippen LogP contribution in [0.1, 0.15) is 10.8 Å². The third kappa shape index (κ3) is 2.35. The number of aromatic amines is 1. The van der Waals surface area contributed by atoms with Crippen molar-refractivity contribution in [2.45, 2.75) is 10.3 Å². The van der Waals surface area contributed by atoms with Crippen molar-refractivity contribution in [2.24, 2.45) is 0 Å². The number of fused-ring (bicyclic) bond motifs is 1. The number of H-pyrrole nitrogens is 1. The zero-order valence-corrected chi connectivity index (χ0v) is 11.0. The zero-order valence-electron chi connectivity index (χ0n) is 10.2. The van der Waals surface area contributed by atoms with E-state index in [1.807, 2.05) is 18.2 Å². The monoisotopic (exact) mass is 286 g/mol. The predicted octanol–water partition coefficient (Wildman–Crippen LogP) is 2.27. The summed E-state index contributed by atoms with van der Waals surface area (Å²) in [5.41, 5.74) is 1.90. The fourth-order valence-electron chi connectivity index (χ4n) is 1.83. The molecule has 1 unspecified atom stereocenters. The number of aromatic nitrogens is 4. The molecule has 0 bridgehead atoms. The van der Waals surface area contributed by atoms with Crippen molar-refractivity contribution in [3.05, 3.63) is 48.5 Å². The number of aliphatic carboxylic acids is 1. The maximum absolute atomic E-state index is 11.5. The molecule has 0 aliphatic carbocycles. The Hall–Kier alpha value is -2.41. The van der Waals surface area contributed by atoms with Gasteiger partial charge in [-0.2, -0.15) is 0 Å². The second kappa shape index (κ2) is 5.30. The van der Waals surface area contributed by atoms with Gasteiger partial charge >= 0.3 is 5.97 Å². The van der Waals surface area contributed by atoms with Crippen molar-refractivity contribution < 1.29 is 9.90 Å². The topological polar surface area (TPSA) is 91.8 Å². The third-order valence-corrected chi connectivity index (χ3v) is 3.99. The van der Waals surface area contributed by atoms with E-state index in [4.69, 9.17) is 0 Å². The van der Waals surface area contributed by atoms with Gasteiger partial charge in [-0.1, -0.05) is 42.1 Å². The van der Waals surface area contributed by atoms with Crippen LogP contribution in [-0.2, 0) is 4.79 Å². The molecule has 2 N–H and O–H groups in total. The highest BCUT2D eigenvalue weighted by molar-refractivity contribution is 8.00. The van der Waals surface area contributed by atoms with Gasteiger partial charge in [0, 0.05) is 0 Å². The first-order valence-electron chi connectivity index (χ1n) is 5.84. The van der Waals surface area contributed by atoms with E-state index in [1.165, 1.54) is 12.7 Å². The fraction of sp³-hybridized carbons (Fsp3) is 0.0769. The summed E-state index contributed by atoms with van der Waals surface area (Å²) in [6.07, 6.45) is 2.90. The van der Waals surface area contributed by atoms with E-state index in [2.05, 4.69) is 19.9 Å². The Labute approximate surface area is 118 Å². The van der Waals surface area contributed by atoms with Gasteiger partial charge in [0.25, 0.3) is 0 Å². The van der Waals surface area contributed by atoms with Crippen LogP contribution in [0.15, 0.2) is 48.0 Å². The summed E-state index contributed by atoms with van der Waals surface area (Å²) < 4.78 is 0. The number of imidazole rings is 1. The quantitative estimate of drug-likeness (QED) is 0.564. The summed E-state index contributed by atoms with van der Waals surface area (Å²) in [5.74, 6) is -0.910. The van der Waals surface area contributed by atoms with Gasteiger partial charge in [0.05, 0.1) is 6.33 Å². The van der Waals surface area contributed by atoms with Crippen molar-refractivity contribution >= 4 is 28.9 Å². The van der Waals surface area contributed by atoms with Crippen LogP contribution in [0.5, 0.6) is 0 Å². The summed E-state index contributed by atoms with van der Waals surface area (Å²) in [5, 5.41) is 9.27. The number of hydrogen-bond donors (Lipinski definition) is 2. The van der Waals surface area contributed by atoms with Crippen LogP contribution in [0.25, 0.3) is 11.2 Å². The van der Waals surface area contributed by atoms with E-state index >= 15 is 0 Å². The summed E-state index contributed by atoms with van der Waals surface area (Å²) in [7, 11) is 0. The number of hydrogen-bond acceptors (Lipinski definition) is 5. The van der Waals surface area contributed by atoms with Gasteiger partial charge in [-0.05, 0) is 5.56 Å². The molecule has 1 aromatic carbocycles. The van der Waals surface area contributed by atoms with Gasteiger partial charge in [-0.25, -0.2) is 15.0 Å². The largest absolute Gasteiger partial charge is 0.480 e. The second-order valence-electron chi connectivity index (χ2n) is 4.03. The van der Waals surface area contributed by atoms with Crippen LogP contribution in [0.2, 0.25) is 0 Å². The lowest BCUT2D eigenvalue weighted by molar-refractivity contribution is -0.136. The van der Waals surface area contributed by atoms with Gasteiger partial charge in [-0.15, -0.1) is 0 Å². The minimum Gasteiger partial charge on any atom is -0.480 e. The van der Waals surface area contributed by atoms with Crippen LogP contribution in [0.3, 0.4) is 0 Å². The zero-order chi connectivity index (χ0) is 13.9. The molecule has 20 heavy (non-hydrogen) atoms. The molecule has 0 aliphatic heterocycles. The predicted molar refractivity (Wildman–Crippen MR) is 74.4 cm³/mol. The van der Waals surface area contributed by atoms with E-state index < -0.39 is 11.2 Å². The maximum atomic E-state index is 11.5. The van der Waals surface area contributed by atoms with Crippen molar-refractivity contribution in [1.82, 2.24) is 19.9 Å². The molecule has 3 rings (SSSR count). The van der Waals surface area contributed by atoms with Crippen LogP contribution >= 0.6 is 11.8 Å². The van der Waals surface area contributed by atoms with E-state index in [0.29, 0.717) is 16.2 Å². The van der Waals surface area contributed by atoms with E-state index in [0.717, 1.165) is 17.3 Å². The summed E-state index contributed by atoms with van der Waals surface area (Å²) in [6.45, 7) is 0. The average Bonchev–Trinajstić information content (AvgIpc) is 2.94. The van der Waals surface area contributed by atoms with E-state index in [1.54, 1.807) is 12.1 Å². The SMILES string of the molecule is O=C(O)C(Sc1ncnc2nc[nH]c12)c1ccccc1. The molecule has 0 spiro atoms. The molecule has 0 radical (unpaired) electrons. The fourth-order valence-corrected chi connectivity index (χ4v) is 2.83. The Bertz CT molecular complexity index is 744. The molecule has 0 saturated heterocycles. The second-order valence-corrected chi connectivity index (χ2v) is 5.12. The Morgan fingerprint density at radius 1 is 1.20 bits per heavy atom. The van der Waals surface area contributed by atoms with Gasteiger partial charge in [0.15, 0.2) is 5.65 Å². The van der Waals surface area contributed by atoms with Crippen molar-refractivity contribution in [1.29, 1.82) is 0 Å². The summed E-state index contributed by atoms with van der Waals surface area (Å²) in [6, 6.07) is 9.06. The Morgan fingerprint density at radius 2 is 2.00 bits per heavy atom. The molecule has 0 saturated carbocycles. The number of carbonyl (C=O) groups is 1. The first-order valence-corrected chi connectivity index (χ1v) is 6.72. The van der Waals surface area contributed by atoms with Gasteiger partial charge < -0.3 is 10.1 Å². The van der Waals surface area contributed by atoms with E-state index in [-0.39, 0.29) is 0 Å². The normalized spacial score (nSPS) is 12.4. The maximum Gasteiger partial charge on any atom is 0.321 e. The van der Waals surface area contributed by atoms with Crippen molar-refractivity contribution in [2.75, 3.05) is 0 Å². The lowest BCUT2D eigenvalue weighted by Gasteiger charge is -2.11. The summed E-state index contributed by atoms with van der Waals surface area (Å²) in [4.78, 5) is 26.6. The number of benzene rings is 1. The lowest BCUT2D eigenvalue weighted by atomic mass is 10.1. The van der Waals surface area contributed by atoms with Crippen LogP contribution in [0.4, 0.5) is 0 Å². The molecule has 1 atom stereocenters. The molecule has 6 nitrogen and oxygen atoms in total. The van der Waals surface area contributed by atoms with Gasteiger partial charge in [0.1, 0.15) is 22.1 Å². The Balaban J connectivity index is 1.99. The molecule has 7 heteroatoms. The molecule has 100 valence electrons. The number of carboxylic acid groups (broad SMARTS) is 1.